The highest BCUT2D eigenvalue weighted by Gasteiger charge is 2.36. The lowest BCUT2D eigenvalue weighted by molar-refractivity contribution is -0.127. The zero-order valence-corrected chi connectivity index (χ0v) is 12.4. The van der Waals surface area contributed by atoms with Crippen LogP contribution in [-0.4, -0.2) is 37.1 Å². The third-order valence-electron chi connectivity index (χ3n) is 3.52. The molecular weight excluding hydrogens is 256 g/mol. The van der Waals surface area contributed by atoms with Crippen LogP contribution in [0.15, 0.2) is 18.2 Å². The number of amides is 1. The van der Waals surface area contributed by atoms with E-state index in [0.29, 0.717) is 17.9 Å². The third kappa shape index (κ3) is 2.72. The van der Waals surface area contributed by atoms with Gasteiger partial charge in [-0.2, -0.15) is 0 Å². The summed E-state index contributed by atoms with van der Waals surface area (Å²) < 4.78 is 11.1. The zero-order chi connectivity index (χ0) is 14.9. The Labute approximate surface area is 119 Å². The summed E-state index contributed by atoms with van der Waals surface area (Å²) >= 11 is 0. The van der Waals surface area contributed by atoms with Gasteiger partial charge in [-0.1, -0.05) is 6.07 Å². The van der Waals surface area contributed by atoms with E-state index in [1.54, 1.807) is 19.1 Å². The lowest BCUT2D eigenvalue weighted by Crippen LogP contribution is -2.30. The first-order valence-electron chi connectivity index (χ1n) is 6.80. The number of carbonyl (C=O) groups excluding carboxylic acids is 1. The number of carbonyl (C=O) groups is 1. The number of likely N-dealkylation sites (N-methyl/N-ethyl adjacent to an activating group) is 1. The van der Waals surface area contributed by atoms with Gasteiger partial charge in [0.1, 0.15) is 0 Å². The third-order valence-corrected chi connectivity index (χ3v) is 3.52. The predicted octanol–water partition coefficient (Wildman–Crippen LogP) is 1.71. The highest BCUT2D eigenvalue weighted by Crippen LogP contribution is 2.36. The second-order valence-corrected chi connectivity index (χ2v) is 5.39. The van der Waals surface area contributed by atoms with Crippen molar-refractivity contribution in [1.82, 2.24) is 4.90 Å². The molecule has 110 valence electrons. The molecule has 1 heterocycles. The number of ether oxygens (including phenoxy) is 2. The Kier molecular flexibility index (Phi) is 4.18. The number of likely N-dealkylation sites (tertiary alicyclic amines) is 1. The monoisotopic (exact) mass is 278 g/mol. The van der Waals surface area contributed by atoms with Gasteiger partial charge in [-0.3, -0.25) is 4.79 Å². The molecule has 1 amide bonds. The number of hydrogen-bond acceptors (Lipinski definition) is 4. The van der Waals surface area contributed by atoms with Gasteiger partial charge in [0.05, 0.1) is 19.3 Å². The molecular formula is C15H22N2O3. The maximum Gasteiger partial charge on any atom is 0.224 e. The number of nitrogens with zero attached hydrogens (tertiary/aromatic N) is 1. The maximum absolute atomic E-state index is 11.7. The van der Waals surface area contributed by atoms with Crippen LogP contribution in [0.3, 0.4) is 0 Å². The summed E-state index contributed by atoms with van der Waals surface area (Å²) in [6.45, 7) is 3.92. The Bertz CT molecular complexity index is 502. The van der Waals surface area contributed by atoms with Crippen molar-refractivity contribution in [3.63, 3.8) is 0 Å². The number of nitrogens with two attached hydrogens (primary N) is 1. The van der Waals surface area contributed by atoms with Crippen LogP contribution < -0.4 is 15.2 Å². The molecule has 0 bridgehead atoms. The molecule has 1 aliphatic rings. The van der Waals surface area contributed by atoms with Gasteiger partial charge in [0.2, 0.25) is 5.91 Å². The minimum absolute atomic E-state index is 0.0516. The fourth-order valence-corrected chi connectivity index (χ4v) is 2.59. The zero-order valence-electron chi connectivity index (χ0n) is 12.4. The Morgan fingerprint density at radius 3 is 2.55 bits per heavy atom. The number of rotatable bonds is 4. The number of hydrogen-bond donors (Lipinski definition) is 1. The smallest absolute Gasteiger partial charge is 0.224 e. The summed E-state index contributed by atoms with van der Waals surface area (Å²) in [5.74, 6) is 1.44. The van der Waals surface area contributed by atoms with E-state index in [1.807, 2.05) is 32.0 Å². The lowest BCUT2D eigenvalue weighted by Gasteiger charge is -2.24. The molecule has 2 atom stereocenters. The molecule has 2 unspecified atom stereocenters. The van der Waals surface area contributed by atoms with E-state index in [-0.39, 0.29) is 24.1 Å². The van der Waals surface area contributed by atoms with Crippen molar-refractivity contribution >= 4 is 5.91 Å². The van der Waals surface area contributed by atoms with Crippen molar-refractivity contribution in [2.24, 2.45) is 5.73 Å². The van der Waals surface area contributed by atoms with Crippen LogP contribution in [0, 0.1) is 0 Å². The second kappa shape index (κ2) is 5.71. The van der Waals surface area contributed by atoms with Crippen molar-refractivity contribution in [3.8, 4) is 11.5 Å². The van der Waals surface area contributed by atoms with E-state index in [1.165, 1.54) is 0 Å². The molecule has 0 saturated carbocycles. The van der Waals surface area contributed by atoms with Crippen molar-refractivity contribution in [2.75, 3.05) is 14.2 Å². The summed E-state index contributed by atoms with van der Waals surface area (Å²) in [7, 11) is 3.40. The minimum Gasteiger partial charge on any atom is -0.493 e. The fourth-order valence-electron chi connectivity index (χ4n) is 2.59. The molecule has 1 aromatic carbocycles. The first-order chi connectivity index (χ1) is 9.43. The average molecular weight is 278 g/mol. The Hall–Kier alpha value is -1.75. The van der Waals surface area contributed by atoms with Crippen LogP contribution >= 0.6 is 0 Å². The highest BCUT2D eigenvalue weighted by molar-refractivity contribution is 5.80. The van der Waals surface area contributed by atoms with Crippen molar-refractivity contribution < 1.29 is 14.3 Å². The molecule has 5 nitrogen and oxygen atoms in total. The fraction of sp³-hybridized carbons (Fsp3) is 0.533. The summed E-state index contributed by atoms with van der Waals surface area (Å²) in [4.78, 5) is 13.4. The molecule has 1 aromatic rings. The van der Waals surface area contributed by atoms with E-state index in [9.17, 15) is 4.79 Å². The normalized spacial score (nSPS) is 22.5. The number of benzene rings is 1. The van der Waals surface area contributed by atoms with Gasteiger partial charge in [0.25, 0.3) is 0 Å². The molecule has 2 rings (SSSR count). The van der Waals surface area contributed by atoms with Crippen LogP contribution in [0.2, 0.25) is 0 Å². The van der Waals surface area contributed by atoms with Crippen LogP contribution in [-0.2, 0) is 4.79 Å². The van der Waals surface area contributed by atoms with Gasteiger partial charge in [-0.25, -0.2) is 0 Å². The largest absolute Gasteiger partial charge is 0.493 e. The van der Waals surface area contributed by atoms with Gasteiger partial charge in [0.15, 0.2) is 11.5 Å². The maximum atomic E-state index is 11.7. The molecule has 1 saturated heterocycles. The van der Waals surface area contributed by atoms with Gasteiger partial charge >= 0.3 is 0 Å². The van der Waals surface area contributed by atoms with Gasteiger partial charge in [-0.05, 0) is 31.5 Å². The van der Waals surface area contributed by atoms with E-state index >= 15 is 0 Å². The van der Waals surface area contributed by atoms with Crippen molar-refractivity contribution in [1.29, 1.82) is 0 Å². The van der Waals surface area contributed by atoms with Crippen LogP contribution in [0.1, 0.15) is 31.9 Å². The van der Waals surface area contributed by atoms with Gasteiger partial charge < -0.3 is 20.1 Å². The van der Waals surface area contributed by atoms with E-state index in [2.05, 4.69) is 0 Å². The number of methoxy groups -OCH3 is 1. The van der Waals surface area contributed by atoms with E-state index in [4.69, 9.17) is 15.2 Å². The van der Waals surface area contributed by atoms with Gasteiger partial charge in [0, 0.05) is 19.5 Å². The molecule has 0 spiro atoms. The Morgan fingerprint density at radius 2 is 2.05 bits per heavy atom. The van der Waals surface area contributed by atoms with E-state index < -0.39 is 0 Å². The molecule has 0 aliphatic carbocycles. The molecule has 5 heteroatoms. The second-order valence-electron chi connectivity index (χ2n) is 5.39. The Balaban J connectivity index is 2.35. The standard InChI is InChI=1S/C15H22N2O3/c1-9(2)20-13-7-10(5-6-12(13)19-4)15-11(16)8-14(18)17(15)3/h5-7,9,11,15H,8,16H2,1-4H3. The first kappa shape index (κ1) is 14.7. The summed E-state index contributed by atoms with van der Waals surface area (Å²) in [5, 5.41) is 0. The quantitative estimate of drug-likeness (QED) is 0.910. The topological polar surface area (TPSA) is 64.8 Å². The van der Waals surface area contributed by atoms with Crippen LogP contribution in [0.4, 0.5) is 0 Å². The highest BCUT2D eigenvalue weighted by atomic mass is 16.5. The van der Waals surface area contributed by atoms with Crippen molar-refractivity contribution in [3.05, 3.63) is 23.8 Å². The van der Waals surface area contributed by atoms with E-state index in [0.717, 1.165) is 5.56 Å². The van der Waals surface area contributed by atoms with Gasteiger partial charge in [-0.15, -0.1) is 0 Å². The summed E-state index contributed by atoms with van der Waals surface area (Å²) in [6.07, 6.45) is 0.434. The molecule has 0 aromatic heterocycles. The minimum atomic E-state index is -0.187. The van der Waals surface area contributed by atoms with Crippen molar-refractivity contribution in [2.45, 2.75) is 38.5 Å². The first-order valence-corrected chi connectivity index (χ1v) is 6.80. The average Bonchev–Trinajstić information content (AvgIpc) is 2.62. The molecule has 20 heavy (non-hydrogen) atoms. The van der Waals surface area contributed by atoms with Crippen LogP contribution in [0.25, 0.3) is 0 Å². The molecule has 2 N–H and O–H groups in total. The molecule has 1 fully saturated rings. The summed E-state index contributed by atoms with van der Waals surface area (Å²) in [5.41, 5.74) is 7.05. The Morgan fingerprint density at radius 1 is 1.35 bits per heavy atom. The lowest BCUT2D eigenvalue weighted by atomic mass is 10.0. The molecule has 0 radical (unpaired) electrons. The predicted molar refractivity (Wildman–Crippen MR) is 76.9 cm³/mol. The van der Waals surface area contributed by atoms with Crippen LogP contribution in [0.5, 0.6) is 11.5 Å². The SMILES string of the molecule is COc1ccc(C2C(N)CC(=O)N2C)cc1OC(C)C. The summed E-state index contributed by atoms with van der Waals surface area (Å²) in [6, 6.07) is 5.41. The molecule has 1 aliphatic heterocycles.